The van der Waals surface area contributed by atoms with E-state index in [4.69, 9.17) is 0 Å². The van der Waals surface area contributed by atoms with Crippen LogP contribution in [0, 0.1) is 0 Å². The zero-order chi connectivity index (χ0) is 14.6. The summed E-state index contributed by atoms with van der Waals surface area (Å²) in [5, 5.41) is 18.7. The molecular formula is C13H12F3N3O. The van der Waals surface area contributed by atoms with E-state index in [2.05, 4.69) is 15.5 Å². The van der Waals surface area contributed by atoms with Crippen molar-refractivity contribution < 1.29 is 18.3 Å². The molecule has 1 aromatic heterocycles. The van der Waals surface area contributed by atoms with Crippen LogP contribution in [-0.2, 0) is 6.18 Å². The number of anilines is 1. The third-order valence-corrected chi connectivity index (χ3v) is 2.66. The largest absolute Gasteiger partial charge is 0.435 e. The van der Waals surface area contributed by atoms with E-state index in [0.717, 1.165) is 11.6 Å². The molecule has 7 heteroatoms. The predicted octanol–water partition coefficient (Wildman–Crippen LogP) is 2.64. The van der Waals surface area contributed by atoms with Crippen LogP contribution >= 0.6 is 0 Å². The van der Waals surface area contributed by atoms with E-state index in [0.29, 0.717) is 0 Å². The minimum atomic E-state index is -4.51. The molecule has 0 radical (unpaired) electrons. The van der Waals surface area contributed by atoms with Crippen LogP contribution in [0.2, 0.25) is 0 Å². The summed E-state index contributed by atoms with van der Waals surface area (Å²) in [6.07, 6.45) is -4.51. The van der Waals surface area contributed by atoms with Gasteiger partial charge in [-0.25, -0.2) is 0 Å². The van der Waals surface area contributed by atoms with Gasteiger partial charge in [-0.3, -0.25) is 0 Å². The Kier molecular flexibility index (Phi) is 4.19. The average Bonchev–Trinajstić information content (AvgIpc) is 2.45. The van der Waals surface area contributed by atoms with Crippen molar-refractivity contribution in [3.63, 3.8) is 0 Å². The minimum Gasteiger partial charge on any atom is -0.394 e. The molecule has 0 bridgehead atoms. The molecule has 0 aliphatic heterocycles. The van der Waals surface area contributed by atoms with Crippen LogP contribution in [0.1, 0.15) is 17.3 Å². The molecule has 1 aromatic carbocycles. The summed E-state index contributed by atoms with van der Waals surface area (Å²) in [4.78, 5) is 0. The van der Waals surface area contributed by atoms with Crippen molar-refractivity contribution in [3.8, 4) is 0 Å². The maximum absolute atomic E-state index is 12.4. The van der Waals surface area contributed by atoms with Gasteiger partial charge >= 0.3 is 6.18 Å². The summed E-state index contributed by atoms with van der Waals surface area (Å²) in [5.74, 6) is 0.168. The Bertz CT molecular complexity index is 543. The van der Waals surface area contributed by atoms with Gasteiger partial charge in [0.2, 0.25) is 0 Å². The lowest BCUT2D eigenvalue weighted by Crippen LogP contribution is -2.17. The monoisotopic (exact) mass is 283 g/mol. The third kappa shape index (κ3) is 3.45. The van der Waals surface area contributed by atoms with Crippen LogP contribution in [0.25, 0.3) is 0 Å². The number of benzene rings is 1. The Hall–Kier alpha value is -2.15. The first kappa shape index (κ1) is 14.3. The third-order valence-electron chi connectivity index (χ3n) is 2.66. The molecule has 2 aromatic rings. The highest BCUT2D eigenvalue weighted by Gasteiger charge is 2.32. The van der Waals surface area contributed by atoms with Crippen molar-refractivity contribution in [2.45, 2.75) is 12.2 Å². The fourth-order valence-electron chi connectivity index (χ4n) is 1.66. The zero-order valence-corrected chi connectivity index (χ0v) is 10.3. The quantitative estimate of drug-likeness (QED) is 0.905. The van der Waals surface area contributed by atoms with Gasteiger partial charge in [-0.15, -0.1) is 10.2 Å². The molecule has 0 saturated carbocycles. The summed E-state index contributed by atoms with van der Waals surface area (Å²) in [7, 11) is 0. The van der Waals surface area contributed by atoms with Gasteiger partial charge in [0.15, 0.2) is 5.69 Å². The number of aliphatic hydroxyl groups excluding tert-OH is 1. The van der Waals surface area contributed by atoms with Gasteiger partial charge in [-0.05, 0) is 17.7 Å². The van der Waals surface area contributed by atoms with E-state index in [1.807, 2.05) is 6.07 Å². The molecule has 0 fully saturated rings. The van der Waals surface area contributed by atoms with E-state index in [-0.39, 0.29) is 12.4 Å². The second-order valence-corrected chi connectivity index (χ2v) is 4.09. The van der Waals surface area contributed by atoms with E-state index >= 15 is 0 Å². The van der Waals surface area contributed by atoms with Gasteiger partial charge in [0, 0.05) is 0 Å². The lowest BCUT2D eigenvalue weighted by atomic mass is 10.1. The van der Waals surface area contributed by atoms with Crippen molar-refractivity contribution in [3.05, 3.63) is 53.7 Å². The fourth-order valence-corrected chi connectivity index (χ4v) is 1.66. The predicted molar refractivity (Wildman–Crippen MR) is 66.9 cm³/mol. The molecule has 0 spiro atoms. The zero-order valence-electron chi connectivity index (χ0n) is 10.3. The molecule has 0 amide bonds. The second kappa shape index (κ2) is 5.87. The standard InChI is InChI=1S/C13H12F3N3O/c14-13(15,16)11-6-7-12(19-18-11)17-10(8-20)9-4-2-1-3-5-9/h1-7,10,20H,8H2,(H,17,19). The van der Waals surface area contributed by atoms with E-state index < -0.39 is 17.9 Å². The van der Waals surface area contributed by atoms with Crippen LogP contribution in [0.15, 0.2) is 42.5 Å². The van der Waals surface area contributed by atoms with Crippen molar-refractivity contribution in [2.24, 2.45) is 0 Å². The number of aromatic nitrogens is 2. The summed E-state index contributed by atoms with van der Waals surface area (Å²) in [6, 6.07) is 10.6. The number of nitrogens with one attached hydrogen (secondary N) is 1. The molecule has 1 unspecified atom stereocenters. The summed E-state index contributed by atoms with van der Waals surface area (Å²) in [5.41, 5.74) is -0.250. The molecule has 4 nitrogen and oxygen atoms in total. The molecule has 2 rings (SSSR count). The SMILES string of the molecule is OCC(Nc1ccc(C(F)(F)F)nn1)c1ccccc1. The Morgan fingerprint density at radius 3 is 2.25 bits per heavy atom. The highest BCUT2D eigenvalue weighted by Crippen LogP contribution is 2.27. The first-order chi connectivity index (χ1) is 9.50. The van der Waals surface area contributed by atoms with Gasteiger partial charge in [-0.1, -0.05) is 30.3 Å². The van der Waals surface area contributed by atoms with Gasteiger partial charge in [0.1, 0.15) is 5.82 Å². The summed E-state index contributed by atoms with van der Waals surface area (Å²) in [6.45, 7) is -0.216. The molecule has 20 heavy (non-hydrogen) atoms. The lowest BCUT2D eigenvalue weighted by molar-refractivity contribution is -0.141. The maximum Gasteiger partial charge on any atom is 0.435 e. The first-order valence-electron chi connectivity index (χ1n) is 5.84. The van der Waals surface area contributed by atoms with Gasteiger partial charge in [-0.2, -0.15) is 13.2 Å². The second-order valence-electron chi connectivity index (χ2n) is 4.09. The molecule has 0 saturated heterocycles. The highest BCUT2D eigenvalue weighted by atomic mass is 19.4. The van der Waals surface area contributed by atoms with Crippen LogP contribution < -0.4 is 5.32 Å². The first-order valence-corrected chi connectivity index (χ1v) is 5.84. The number of nitrogens with zero attached hydrogens (tertiary/aromatic N) is 2. The molecule has 106 valence electrons. The van der Waals surface area contributed by atoms with E-state index in [1.54, 1.807) is 24.3 Å². The van der Waals surface area contributed by atoms with Crippen molar-refractivity contribution in [1.29, 1.82) is 0 Å². The Morgan fingerprint density at radius 1 is 1.05 bits per heavy atom. The highest BCUT2D eigenvalue weighted by molar-refractivity contribution is 5.38. The Morgan fingerprint density at radius 2 is 1.75 bits per heavy atom. The number of hydrogen-bond acceptors (Lipinski definition) is 4. The molecule has 2 N–H and O–H groups in total. The number of aliphatic hydroxyl groups is 1. The number of alkyl halides is 3. The van der Waals surface area contributed by atoms with Crippen LogP contribution in [0.3, 0.4) is 0 Å². The lowest BCUT2D eigenvalue weighted by Gasteiger charge is -2.17. The van der Waals surface area contributed by atoms with E-state index in [1.165, 1.54) is 6.07 Å². The molecule has 0 aliphatic carbocycles. The smallest absolute Gasteiger partial charge is 0.394 e. The van der Waals surface area contributed by atoms with Gasteiger partial charge in [0.05, 0.1) is 12.6 Å². The molecule has 1 heterocycles. The number of rotatable bonds is 4. The Labute approximate surface area is 113 Å². The fraction of sp³-hybridized carbons (Fsp3) is 0.231. The number of hydrogen-bond donors (Lipinski definition) is 2. The summed E-state index contributed by atoms with van der Waals surface area (Å²) < 4.78 is 37.1. The van der Waals surface area contributed by atoms with Crippen LogP contribution in [0.4, 0.5) is 19.0 Å². The minimum absolute atomic E-state index is 0.168. The summed E-state index contributed by atoms with van der Waals surface area (Å²) >= 11 is 0. The van der Waals surface area contributed by atoms with Gasteiger partial charge in [0.25, 0.3) is 0 Å². The Balaban J connectivity index is 2.13. The maximum atomic E-state index is 12.4. The van der Waals surface area contributed by atoms with Crippen molar-refractivity contribution >= 4 is 5.82 Å². The van der Waals surface area contributed by atoms with Crippen molar-refractivity contribution in [2.75, 3.05) is 11.9 Å². The average molecular weight is 283 g/mol. The molecule has 0 aliphatic rings. The van der Waals surface area contributed by atoms with Crippen molar-refractivity contribution in [1.82, 2.24) is 10.2 Å². The van der Waals surface area contributed by atoms with E-state index in [9.17, 15) is 18.3 Å². The van der Waals surface area contributed by atoms with Gasteiger partial charge < -0.3 is 10.4 Å². The normalized spacial score (nSPS) is 13.0. The molecule has 1 atom stereocenters. The topological polar surface area (TPSA) is 58.0 Å². The van der Waals surface area contributed by atoms with Crippen LogP contribution in [-0.4, -0.2) is 21.9 Å². The van der Waals surface area contributed by atoms with Crippen LogP contribution in [0.5, 0.6) is 0 Å². The molecular weight excluding hydrogens is 271 g/mol. The number of halogens is 3.